The molecule has 1 saturated heterocycles. The van der Waals surface area contributed by atoms with Crippen molar-refractivity contribution >= 4 is 28.8 Å². The van der Waals surface area contributed by atoms with Crippen molar-refractivity contribution in [3.8, 4) is 17.2 Å². The van der Waals surface area contributed by atoms with Crippen LogP contribution < -0.4 is 15.6 Å². The van der Waals surface area contributed by atoms with Gasteiger partial charge in [0.1, 0.15) is 22.6 Å². The molecule has 1 aliphatic rings. The standard InChI is InChI=1S/C26H22N8O4/c1-15-20(25(36)34(32(15)2)16-6-4-3-5-7-16)24(35)29-19-9-8-17(14-28-19)38-18-10-11-27-22-21(18)30-23(31-22)26(37)33-12-13-33/h3-11,14H,12-13H2,1-2H3,(H,27,30,31)(H,28,29,35). The van der Waals surface area contributed by atoms with Crippen LogP contribution in [0.25, 0.3) is 16.9 Å². The average molecular weight is 511 g/mol. The molecule has 0 unspecified atom stereocenters. The number of para-hydroxylation sites is 1. The van der Waals surface area contributed by atoms with Crippen molar-refractivity contribution < 1.29 is 14.3 Å². The van der Waals surface area contributed by atoms with Gasteiger partial charge in [0.15, 0.2) is 17.2 Å². The number of ether oxygens (including phenoxy) is 1. The largest absolute Gasteiger partial charge is 0.453 e. The molecule has 6 rings (SSSR count). The van der Waals surface area contributed by atoms with Crippen molar-refractivity contribution in [2.45, 2.75) is 6.92 Å². The second-order valence-electron chi connectivity index (χ2n) is 8.76. The van der Waals surface area contributed by atoms with E-state index in [1.807, 2.05) is 18.2 Å². The lowest BCUT2D eigenvalue weighted by molar-refractivity contribution is 0.0875. The Balaban J connectivity index is 1.20. The molecule has 0 atom stereocenters. The Hall–Kier alpha value is -5.26. The third-order valence-electron chi connectivity index (χ3n) is 6.28. The van der Waals surface area contributed by atoms with Gasteiger partial charge in [-0.05, 0) is 31.2 Å². The van der Waals surface area contributed by atoms with E-state index in [0.717, 1.165) is 0 Å². The molecule has 2 amide bonds. The fourth-order valence-corrected chi connectivity index (χ4v) is 4.13. The van der Waals surface area contributed by atoms with Crippen molar-refractivity contribution in [1.29, 1.82) is 0 Å². The Bertz CT molecular complexity index is 1750. The van der Waals surface area contributed by atoms with Crippen molar-refractivity contribution in [3.05, 3.63) is 88.4 Å². The lowest BCUT2D eigenvalue weighted by atomic mass is 10.2. The van der Waals surface area contributed by atoms with Crippen LogP contribution in [0.5, 0.6) is 11.5 Å². The summed E-state index contributed by atoms with van der Waals surface area (Å²) in [5, 5.41) is 2.68. The number of fused-ring (bicyclic) bond motifs is 1. The number of hydrogen-bond acceptors (Lipinski definition) is 7. The molecule has 0 bridgehead atoms. The number of pyridine rings is 2. The average Bonchev–Trinajstić information content (AvgIpc) is 3.63. The molecular formula is C26H22N8O4. The molecule has 38 heavy (non-hydrogen) atoms. The highest BCUT2D eigenvalue weighted by Crippen LogP contribution is 2.28. The van der Waals surface area contributed by atoms with Crippen LogP contribution in [0.1, 0.15) is 26.7 Å². The summed E-state index contributed by atoms with van der Waals surface area (Å²) in [7, 11) is 1.73. The van der Waals surface area contributed by atoms with E-state index in [1.165, 1.54) is 17.1 Å². The first-order valence-electron chi connectivity index (χ1n) is 11.8. The summed E-state index contributed by atoms with van der Waals surface area (Å²) < 4.78 is 9.03. The summed E-state index contributed by atoms with van der Waals surface area (Å²) in [4.78, 5) is 55.8. The van der Waals surface area contributed by atoms with Gasteiger partial charge < -0.3 is 19.9 Å². The lowest BCUT2D eigenvalue weighted by Gasteiger charge is -2.08. The van der Waals surface area contributed by atoms with Crippen LogP contribution in [0.4, 0.5) is 5.82 Å². The summed E-state index contributed by atoms with van der Waals surface area (Å²) in [5.41, 5.74) is 1.64. The topological polar surface area (TPSA) is 140 Å². The van der Waals surface area contributed by atoms with Gasteiger partial charge >= 0.3 is 0 Å². The van der Waals surface area contributed by atoms with E-state index in [2.05, 4.69) is 25.3 Å². The minimum absolute atomic E-state index is 0.0322. The SMILES string of the molecule is Cc1c(C(=O)Nc2ccc(Oc3ccnc4nc(C(=O)N5CC5)[nH]c34)cn2)c(=O)n(-c2ccccc2)n1C. The van der Waals surface area contributed by atoms with Gasteiger partial charge in [-0.1, -0.05) is 18.2 Å². The normalized spacial score (nSPS) is 12.5. The predicted octanol–water partition coefficient (Wildman–Crippen LogP) is 2.65. The highest BCUT2D eigenvalue weighted by Gasteiger charge is 2.28. The summed E-state index contributed by atoms with van der Waals surface area (Å²) in [6, 6.07) is 14.0. The highest BCUT2D eigenvalue weighted by molar-refractivity contribution is 6.04. The first-order valence-corrected chi connectivity index (χ1v) is 11.8. The van der Waals surface area contributed by atoms with E-state index in [4.69, 9.17) is 4.74 Å². The number of carbonyl (C=O) groups excluding carboxylic acids is 2. The van der Waals surface area contributed by atoms with Crippen LogP contribution in [0.2, 0.25) is 0 Å². The number of amides is 2. The molecule has 4 aromatic heterocycles. The first-order chi connectivity index (χ1) is 18.4. The zero-order valence-corrected chi connectivity index (χ0v) is 20.5. The molecule has 0 saturated carbocycles. The van der Waals surface area contributed by atoms with Crippen LogP contribution in [0.3, 0.4) is 0 Å². The van der Waals surface area contributed by atoms with Crippen molar-refractivity contribution in [2.24, 2.45) is 7.05 Å². The molecule has 1 fully saturated rings. The minimum Gasteiger partial charge on any atom is -0.453 e. The number of imidazole rings is 1. The fourth-order valence-electron chi connectivity index (χ4n) is 4.13. The van der Waals surface area contributed by atoms with E-state index in [-0.39, 0.29) is 23.1 Å². The predicted molar refractivity (Wildman–Crippen MR) is 138 cm³/mol. The third kappa shape index (κ3) is 4.07. The Morgan fingerprint density at radius 3 is 2.55 bits per heavy atom. The Labute approximate surface area is 215 Å². The number of carbonyl (C=O) groups is 2. The molecule has 0 spiro atoms. The molecule has 0 aliphatic carbocycles. The molecule has 0 radical (unpaired) electrons. The zero-order valence-electron chi connectivity index (χ0n) is 20.5. The van der Waals surface area contributed by atoms with Crippen molar-refractivity contribution in [1.82, 2.24) is 34.2 Å². The quantitative estimate of drug-likeness (QED) is 0.335. The summed E-state index contributed by atoms with van der Waals surface area (Å²) in [6.07, 6.45) is 2.98. The molecule has 1 aliphatic heterocycles. The molecule has 5 aromatic rings. The maximum Gasteiger partial charge on any atom is 0.289 e. The maximum atomic E-state index is 13.1. The summed E-state index contributed by atoms with van der Waals surface area (Å²) in [5.74, 6) is 0.540. The van der Waals surface area contributed by atoms with Crippen LogP contribution in [0, 0.1) is 6.92 Å². The van der Waals surface area contributed by atoms with Gasteiger partial charge in [0.25, 0.3) is 17.4 Å². The summed E-state index contributed by atoms with van der Waals surface area (Å²) >= 11 is 0. The number of anilines is 1. The van der Waals surface area contributed by atoms with E-state index < -0.39 is 11.5 Å². The van der Waals surface area contributed by atoms with Crippen molar-refractivity contribution in [2.75, 3.05) is 18.4 Å². The number of H-pyrrole nitrogens is 1. The van der Waals surface area contributed by atoms with Gasteiger partial charge in [0, 0.05) is 32.4 Å². The maximum absolute atomic E-state index is 13.1. The number of aromatic amines is 1. The van der Waals surface area contributed by atoms with Gasteiger partial charge in [-0.25, -0.2) is 19.6 Å². The van der Waals surface area contributed by atoms with Crippen LogP contribution in [0.15, 0.2) is 65.7 Å². The Morgan fingerprint density at radius 2 is 1.84 bits per heavy atom. The second kappa shape index (κ2) is 9.00. The minimum atomic E-state index is -0.559. The smallest absolute Gasteiger partial charge is 0.289 e. The molecule has 2 N–H and O–H groups in total. The zero-order chi connectivity index (χ0) is 26.4. The highest BCUT2D eigenvalue weighted by atomic mass is 16.5. The number of aromatic nitrogens is 6. The molecule has 12 heteroatoms. The number of nitrogens with one attached hydrogen (secondary N) is 2. The number of benzene rings is 1. The van der Waals surface area contributed by atoms with Crippen LogP contribution in [-0.4, -0.2) is 59.1 Å². The van der Waals surface area contributed by atoms with Gasteiger partial charge in [0.05, 0.1) is 17.6 Å². The van der Waals surface area contributed by atoms with Gasteiger partial charge in [-0.2, -0.15) is 0 Å². The van der Waals surface area contributed by atoms with E-state index in [9.17, 15) is 14.4 Å². The number of hydrogen-bond donors (Lipinski definition) is 2. The molecule has 5 heterocycles. The van der Waals surface area contributed by atoms with E-state index >= 15 is 0 Å². The molecule has 12 nitrogen and oxygen atoms in total. The van der Waals surface area contributed by atoms with Gasteiger partial charge in [0.2, 0.25) is 0 Å². The van der Waals surface area contributed by atoms with Gasteiger partial charge in [-0.15, -0.1) is 0 Å². The Morgan fingerprint density at radius 1 is 1.05 bits per heavy atom. The fraction of sp³-hybridized carbons (Fsp3) is 0.154. The first kappa shape index (κ1) is 23.2. The number of rotatable bonds is 6. The van der Waals surface area contributed by atoms with E-state index in [1.54, 1.807) is 53.9 Å². The van der Waals surface area contributed by atoms with E-state index in [0.29, 0.717) is 47.1 Å². The molecule has 1 aromatic carbocycles. The molecular weight excluding hydrogens is 488 g/mol. The van der Waals surface area contributed by atoms with Crippen LogP contribution in [-0.2, 0) is 7.05 Å². The monoisotopic (exact) mass is 510 g/mol. The molecule has 190 valence electrons. The Kier molecular flexibility index (Phi) is 5.48. The third-order valence-corrected chi connectivity index (χ3v) is 6.28. The summed E-state index contributed by atoms with van der Waals surface area (Å²) in [6.45, 7) is 3.15. The lowest BCUT2D eigenvalue weighted by Crippen LogP contribution is -2.25. The second-order valence-corrected chi connectivity index (χ2v) is 8.76. The number of nitrogens with zero attached hydrogens (tertiary/aromatic N) is 6. The van der Waals surface area contributed by atoms with Gasteiger partial charge in [-0.3, -0.25) is 19.1 Å². The van der Waals surface area contributed by atoms with Crippen molar-refractivity contribution in [3.63, 3.8) is 0 Å². The van der Waals surface area contributed by atoms with Crippen LogP contribution >= 0.6 is 0 Å².